The molecule has 4 rings (SSSR count). The summed E-state index contributed by atoms with van der Waals surface area (Å²) in [6.45, 7) is 1.99. The lowest BCUT2D eigenvalue weighted by molar-refractivity contribution is -0.127. The molecule has 2 fully saturated rings. The van der Waals surface area contributed by atoms with Gasteiger partial charge in [0.05, 0.1) is 33.7 Å². The van der Waals surface area contributed by atoms with Crippen molar-refractivity contribution in [2.75, 3.05) is 0 Å². The number of ether oxygens (including phenoxy) is 1. The van der Waals surface area contributed by atoms with Gasteiger partial charge in [-0.05, 0) is 43.2 Å². The molecule has 182 valence electrons. The predicted octanol–water partition coefficient (Wildman–Crippen LogP) is 3.18. The van der Waals surface area contributed by atoms with Crippen LogP contribution >= 0.6 is 23.2 Å². The van der Waals surface area contributed by atoms with Gasteiger partial charge in [0.1, 0.15) is 5.54 Å². The fourth-order valence-electron chi connectivity index (χ4n) is 4.26. The molecule has 2 aliphatic carbocycles. The van der Waals surface area contributed by atoms with Gasteiger partial charge in [0.2, 0.25) is 0 Å². The van der Waals surface area contributed by atoms with Crippen LogP contribution in [-0.2, 0) is 26.3 Å². The van der Waals surface area contributed by atoms with Crippen molar-refractivity contribution in [2.24, 2.45) is 23.3 Å². The number of carbonyl (C=O) groups is 1. The normalized spacial score (nSPS) is 29.4. The van der Waals surface area contributed by atoms with Gasteiger partial charge in [-0.15, -0.1) is 0 Å². The van der Waals surface area contributed by atoms with Crippen LogP contribution in [0.4, 0.5) is 4.39 Å². The molecule has 1 amide bonds. The first-order valence-corrected chi connectivity index (χ1v) is 12.2. The summed E-state index contributed by atoms with van der Waals surface area (Å²) in [5.74, 6) is -2.65. The number of nitrogens with zero attached hydrogens (tertiary/aromatic N) is 1. The molecule has 0 aliphatic heterocycles. The number of nitriles is 1. The lowest BCUT2D eigenvalue weighted by Crippen LogP contribution is -2.54. The Morgan fingerprint density at radius 2 is 1.88 bits per heavy atom. The first-order valence-electron chi connectivity index (χ1n) is 10.0. The summed E-state index contributed by atoms with van der Waals surface area (Å²) in [6.07, 6.45) is -0.504. The van der Waals surface area contributed by atoms with Gasteiger partial charge >= 0.3 is 0 Å². The van der Waals surface area contributed by atoms with Gasteiger partial charge in [0.25, 0.3) is 16.0 Å². The summed E-state index contributed by atoms with van der Waals surface area (Å²) in [6, 6.07) is 12.9. The molecule has 0 saturated heterocycles. The number of benzene rings is 2. The molecule has 0 spiro atoms. The van der Waals surface area contributed by atoms with E-state index >= 15 is 0 Å². The number of primary amides is 1. The molecule has 0 radical (unpaired) electrons. The van der Waals surface area contributed by atoms with Gasteiger partial charge in [-0.25, -0.2) is 4.39 Å². The van der Waals surface area contributed by atoms with E-state index in [0.29, 0.717) is 10.0 Å². The number of hydrogen-bond donors (Lipinski definition) is 3. The SMILES string of the molecule is Cc1ccc(S(=O)(=O)O)cc1.N#C[C@@]1(N)[C@H]2[C@@H](C[C@H]1OCc1ccc(Cl)c(Cl)c1)[C@]2(F)C(N)=O. The first kappa shape index (κ1) is 26.3. The van der Waals surface area contributed by atoms with Crippen LogP contribution in [0, 0.1) is 30.1 Å². The Morgan fingerprint density at radius 1 is 1.26 bits per heavy atom. The van der Waals surface area contributed by atoms with Crippen molar-refractivity contribution < 1.29 is 26.9 Å². The maximum Gasteiger partial charge on any atom is 0.294 e. The van der Waals surface area contributed by atoms with Gasteiger partial charge in [-0.1, -0.05) is 47.0 Å². The Labute approximate surface area is 206 Å². The summed E-state index contributed by atoms with van der Waals surface area (Å²) < 4.78 is 49.7. The second-order valence-corrected chi connectivity index (χ2v) is 10.6. The van der Waals surface area contributed by atoms with Crippen molar-refractivity contribution in [3.05, 3.63) is 63.6 Å². The van der Waals surface area contributed by atoms with E-state index in [1.807, 2.05) is 13.0 Å². The predicted molar refractivity (Wildman–Crippen MR) is 123 cm³/mol. The maximum atomic E-state index is 14.5. The Kier molecular flexibility index (Phi) is 7.30. The molecular weight excluding hydrogens is 508 g/mol. The number of fused-ring (bicyclic) bond motifs is 1. The molecule has 0 bridgehead atoms. The summed E-state index contributed by atoms with van der Waals surface area (Å²) in [4.78, 5) is 11.2. The summed E-state index contributed by atoms with van der Waals surface area (Å²) in [5, 5.41) is 10.2. The van der Waals surface area contributed by atoms with E-state index in [4.69, 9.17) is 44.0 Å². The Morgan fingerprint density at radius 3 is 2.38 bits per heavy atom. The van der Waals surface area contributed by atoms with Gasteiger partial charge < -0.3 is 16.2 Å². The minimum Gasteiger partial charge on any atom is -0.370 e. The molecule has 5 atom stereocenters. The van der Waals surface area contributed by atoms with Gasteiger partial charge in [-0.2, -0.15) is 13.7 Å². The molecule has 2 aliphatic rings. The van der Waals surface area contributed by atoms with E-state index in [9.17, 15) is 22.9 Å². The fourth-order valence-corrected chi connectivity index (χ4v) is 5.06. The average molecular weight is 530 g/mol. The van der Waals surface area contributed by atoms with Crippen molar-refractivity contribution in [3.8, 4) is 6.07 Å². The molecule has 5 N–H and O–H groups in total. The largest absolute Gasteiger partial charge is 0.370 e. The summed E-state index contributed by atoms with van der Waals surface area (Å²) >= 11 is 11.8. The number of nitrogens with two attached hydrogens (primary N) is 2. The van der Waals surface area contributed by atoms with E-state index in [-0.39, 0.29) is 17.9 Å². The number of alkyl halides is 1. The third-order valence-corrected chi connectivity index (χ3v) is 7.73. The molecule has 12 heteroatoms. The fraction of sp³-hybridized carbons (Fsp3) is 0.364. The van der Waals surface area contributed by atoms with Crippen molar-refractivity contribution in [3.63, 3.8) is 0 Å². The lowest BCUT2D eigenvalue weighted by atomic mass is 9.89. The zero-order valence-corrected chi connectivity index (χ0v) is 20.2. The zero-order valence-electron chi connectivity index (χ0n) is 17.9. The van der Waals surface area contributed by atoms with Gasteiger partial charge in [0.15, 0.2) is 5.67 Å². The molecule has 0 unspecified atom stereocenters. The first-order chi connectivity index (χ1) is 15.7. The third-order valence-electron chi connectivity index (χ3n) is 6.13. The van der Waals surface area contributed by atoms with Crippen molar-refractivity contribution >= 4 is 39.2 Å². The van der Waals surface area contributed by atoms with E-state index < -0.39 is 45.2 Å². The Balaban J connectivity index is 0.000000248. The molecule has 0 aromatic heterocycles. The third kappa shape index (κ3) is 4.91. The minimum absolute atomic E-state index is 0.0666. The topological polar surface area (TPSA) is 156 Å². The highest BCUT2D eigenvalue weighted by atomic mass is 35.5. The Bertz CT molecular complexity index is 1250. The standard InChI is InChI=1S/C15H14Cl2FN3O2.C7H8O3S/c16-9-2-1-7(3-10(9)17)5-23-11-4-8-12(14(11,21)6-19)15(8,18)13(20)22;1-6-2-4-7(5-3-6)11(8,9)10/h1-3,8,11-12H,4-5,21H2,(H2,20,22);2-5H,1H3,(H,8,9,10)/t8-,11-,12-,14+,15-;/m1./s1. The van der Waals surface area contributed by atoms with Gasteiger partial charge in [0, 0.05) is 11.8 Å². The average Bonchev–Trinajstić information content (AvgIpc) is 3.26. The molecule has 2 aromatic rings. The molecule has 8 nitrogen and oxygen atoms in total. The van der Waals surface area contributed by atoms with Crippen LogP contribution in [0.25, 0.3) is 0 Å². The molecule has 34 heavy (non-hydrogen) atoms. The van der Waals surface area contributed by atoms with Crippen molar-refractivity contribution in [2.45, 2.75) is 42.2 Å². The van der Waals surface area contributed by atoms with Crippen LogP contribution in [0.2, 0.25) is 10.0 Å². The van der Waals surface area contributed by atoms with E-state index in [1.54, 1.807) is 30.3 Å². The van der Waals surface area contributed by atoms with E-state index in [0.717, 1.165) is 11.1 Å². The number of amides is 1. The second-order valence-electron chi connectivity index (χ2n) is 8.33. The van der Waals surface area contributed by atoms with E-state index in [2.05, 4.69) is 0 Å². The maximum absolute atomic E-state index is 14.5. The van der Waals surface area contributed by atoms with Crippen LogP contribution in [0.1, 0.15) is 17.5 Å². The quantitative estimate of drug-likeness (QED) is 0.501. The summed E-state index contributed by atoms with van der Waals surface area (Å²) in [7, 11) is -4.02. The summed E-state index contributed by atoms with van der Waals surface area (Å²) in [5.41, 5.74) is 9.06. The molecule has 2 aromatic carbocycles. The van der Waals surface area contributed by atoms with Crippen LogP contribution in [0.3, 0.4) is 0 Å². The minimum atomic E-state index is -4.02. The van der Waals surface area contributed by atoms with Crippen molar-refractivity contribution in [1.82, 2.24) is 0 Å². The lowest BCUT2D eigenvalue weighted by Gasteiger charge is -2.29. The smallest absolute Gasteiger partial charge is 0.294 e. The van der Waals surface area contributed by atoms with Crippen molar-refractivity contribution in [1.29, 1.82) is 5.26 Å². The van der Waals surface area contributed by atoms with Crippen LogP contribution < -0.4 is 11.5 Å². The highest BCUT2D eigenvalue weighted by Crippen LogP contribution is 2.66. The highest BCUT2D eigenvalue weighted by Gasteiger charge is 2.82. The van der Waals surface area contributed by atoms with Gasteiger partial charge in [-0.3, -0.25) is 9.35 Å². The zero-order chi connectivity index (χ0) is 25.5. The molecule has 0 heterocycles. The highest BCUT2D eigenvalue weighted by molar-refractivity contribution is 7.85. The number of halogens is 3. The second kappa shape index (κ2) is 9.41. The number of rotatable bonds is 5. The van der Waals surface area contributed by atoms with E-state index in [1.165, 1.54) is 12.1 Å². The van der Waals surface area contributed by atoms with Crippen LogP contribution in [0.5, 0.6) is 0 Å². The van der Waals surface area contributed by atoms with Crippen LogP contribution in [0.15, 0.2) is 47.4 Å². The molecular formula is C22H22Cl2FN3O5S. The van der Waals surface area contributed by atoms with Crippen LogP contribution in [-0.4, -0.2) is 36.2 Å². The monoisotopic (exact) mass is 529 g/mol. The number of carbonyl (C=O) groups excluding carboxylic acids is 1. The number of hydrogen-bond acceptors (Lipinski definition) is 6. The molecule has 2 saturated carbocycles. The Hall–Kier alpha value is -2.26. The number of aryl methyl sites for hydroxylation is 1.